The van der Waals surface area contributed by atoms with Crippen molar-refractivity contribution in [3.05, 3.63) is 42.1 Å². The van der Waals surface area contributed by atoms with Gasteiger partial charge in [-0.1, -0.05) is 0 Å². The van der Waals surface area contributed by atoms with Crippen LogP contribution in [0.25, 0.3) is 0 Å². The number of rotatable bonds is 3. The van der Waals surface area contributed by atoms with Crippen LogP contribution in [-0.4, -0.2) is 28.1 Å². The Kier molecular flexibility index (Phi) is 2.53. The smallest absolute Gasteiger partial charge is 0.257 e. The van der Waals surface area contributed by atoms with Crippen molar-refractivity contribution in [3.8, 4) is 0 Å². The fourth-order valence-corrected chi connectivity index (χ4v) is 1.30. The van der Waals surface area contributed by atoms with Crippen LogP contribution < -0.4 is 0 Å². The van der Waals surface area contributed by atoms with Crippen molar-refractivity contribution < 1.29 is 9.21 Å². The summed E-state index contributed by atoms with van der Waals surface area (Å²) in [7, 11) is 1.72. The first-order valence-electron chi connectivity index (χ1n) is 4.54. The number of carbonyl (C=O) groups excluding carboxylic acids is 1. The third-order valence-corrected chi connectivity index (χ3v) is 2.06. The fourth-order valence-electron chi connectivity index (χ4n) is 1.30. The highest BCUT2D eigenvalue weighted by Crippen LogP contribution is 2.07. The number of hydrogen-bond donors (Lipinski definition) is 1. The molecule has 2 heterocycles. The molecule has 15 heavy (non-hydrogen) atoms. The zero-order chi connectivity index (χ0) is 10.7. The van der Waals surface area contributed by atoms with E-state index in [0.29, 0.717) is 12.1 Å². The number of nitrogens with zero attached hydrogens (tertiary/aromatic N) is 2. The second kappa shape index (κ2) is 4.00. The second-order valence-corrected chi connectivity index (χ2v) is 3.23. The van der Waals surface area contributed by atoms with Gasteiger partial charge in [0.25, 0.3) is 5.91 Å². The number of furan rings is 1. The maximum Gasteiger partial charge on any atom is 0.257 e. The van der Waals surface area contributed by atoms with Gasteiger partial charge in [0, 0.05) is 13.2 Å². The Morgan fingerprint density at radius 2 is 2.53 bits per heavy atom. The van der Waals surface area contributed by atoms with Crippen LogP contribution in [0.4, 0.5) is 0 Å². The fraction of sp³-hybridized carbons (Fsp3) is 0.200. The summed E-state index contributed by atoms with van der Waals surface area (Å²) >= 11 is 0. The topological polar surface area (TPSA) is 62.1 Å². The predicted octanol–water partition coefficient (Wildman–Crippen LogP) is 1.27. The molecule has 2 rings (SSSR count). The number of amides is 1. The molecule has 0 bridgehead atoms. The summed E-state index contributed by atoms with van der Waals surface area (Å²) in [5.74, 6) is 0.675. The van der Waals surface area contributed by atoms with Gasteiger partial charge in [-0.3, -0.25) is 9.89 Å². The van der Waals surface area contributed by atoms with E-state index in [4.69, 9.17) is 4.42 Å². The van der Waals surface area contributed by atoms with E-state index in [1.165, 1.54) is 6.20 Å². The molecule has 0 fully saturated rings. The van der Waals surface area contributed by atoms with Gasteiger partial charge >= 0.3 is 0 Å². The Morgan fingerprint density at radius 3 is 3.13 bits per heavy atom. The monoisotopic (exact) mass is 205 g/mol. The summed E-state index contributed by atoms with van der Waals surface area (Å²) in [6.45, 7) is 0.455. The summed E-state index contributed by atoms with van der Waals surface area (Å²) < 4.78 is 5.15. The SMILES string of the molecule is CN(Cc1ccco1)C(=O)c1cn[nH]c1. The normalized spacial score (nSPS) is 10.2. The van der Waals surface area contributed by atoms with Crippen molar-refractivity contribution in [2.75, 3.05) is 7.05 Å². The molecular weight excluding hydrogens is 194 g/mol. The molecule has 0 spiro atoms. The molecule has 1 N–H and O–H groups in total. The van der Waals surface area contributed by atoms with Crippen molar-refractivity contribution in [2.45, 2.75) is 6.54 Å². The number of aromatic amines is 1. The molecule has 5 heteroatoms. The van der Waals surface area contributed by atoms with Crippen LogP contribution >= 0.6 is 0 Å². The van der Waals surface area contributed by atoms with Gasteiger partial charge in [0.2, 0.25) is 0 Å². The zero-order valence-electron chi connectivity index (χ0n) is 8.30. The molecule has 5 nitrogen and oxygen atoms in total. The van der Waals surface area contributed by atoms with Gasteiger partial charge in [-0.15, -0.1) is 0 Å². The largest absolute Gasteiger partial charge is 0.467 e. The Bertz CT molecular complexity index is 419. The molecule has 0 aliphatic rings. The Labute approximate surface area is 86.7 Å². The molecule has 2 aromatic heterocycles. The van der Waals surface area contributed by atoms with Gasteiger partial charge in [-0.05, 0) is 12.1 Å². The summed E-state index contributed by atoms with van der Waals surface area (Å²) in [4.78, 5) is 13.3. The average molecular weight is 205 g/mol. The van der Waals surface area contributed by atoms with Crippen LogP contribution in [0, 0.1) is 0 Å². The van der Waals surface area contributed by atoms with E-state index in [1.54, 1.807) is 30.5 Å². The number of hydrogen-bond acceptors (Lipinski definition) is 3. The number of carbonyl (C=O) groups is 1. The number of nitrogens with one attached hydrogen (secondary N) is 1. The lowest BCUT2D eigenvalue weighted by Crippen LogP contribution is -2.25. The molecule has 0 atom stereocenters. The lowest BCUT2D eigenvalue weighted by molar-refractivity contribution is 0.0775. The van der Waals surface area contributed by atoms with Crippen LogP contribution in [0.2, 0.25) is 0 Å². The molecule has 0 aliphatic heterocycles. The van der Waals surface area contributed by atoms with Crippen LogP contribution in [0.1, 0.15) is 16.1 Å². The first-order valence-corrected chi connectivity index (χ1v) is 4.54. The Morgan fingerprint density at radius 1 is 1.67 bits per heavy atom. The van der Waals surface area contributed by atoms with Gasteiger partial charge in [-0.25, -0.2) is 0 Å². The summed E-state index contributed by atoms with van der Waals surface area (Å²) in [5, 5.41) is 6.33. The first kappa shape index (κ1) is 9.51. The van der Waals surface area contributed by atoms with E-state index in [1.807, 2.05) is 6.07 Å². The van der Waals surface area contributed by atoms with Gasteiger partial charge in [-0.2, -0.15) is 5.10 Å². The lowest BCUT2D eigenvalue weighted by Gasteiger charge is -2.14. The zero-order valence-corrected chi connectivity index (χ0v) is 8.30. The summed E-state index contributed by atoms with van der Waals surface area (Å²) in [6.07, 6.45) is 4.66. The molecular formula is C10H11N3O2. The van der Waals surface area contributed by atoms with Crippen molar-refractivity contribution in [3.63, 3.8) is 0 Å². The van der Waals surface area contributed by atoms with Crippen molar-refractivity contribution in [1.29, 1.82) is 0 Å². The molecule has 0 aromatic carbocycles. The predicted molar refractivity (Wildman–Crippen MR) is 53.1 cm³/mol. The van der Waals surface area contributed by atoms with E-state index in [0.717, 1.165) is 5.76 Å². The van der Waals surface area contributed by atoms with Gasteiger partial charge < -0.3 is 9.32 Å². The molecule has 0 unspecified atom stereocenters. The first-order chi connectivity index (χ1) is 7.27. The van der Waals surface area contributed by atoms with Gasteiger partial charge in [0.1, 0.15) is 5.76 Å². The third kappa shape index (κ3) is 2.07. The highest BCUT2D eigenvalue weighted by molar-refractivity contribution is 5.93. The van der Waals surface area contributed by atoms with Gasteiger partial charge in [0.15, 0.2) is 0 Å². The average Bonchev–Trinajstić information content (AvgIpc) is 2.88. The van der Waals surface area contributed by atoms with E-state index in [-0.39, 0.29) is 5.91 Å². The molecule has 1 amide bonds. The molecule has 0 saturated carbocycles. The van der Waals surface area contributed by atoms with E-state index in [9.17, 15) is 4.79 Å². The summed E-state index contributed by atoms with van der Waals surface area (Å²) in [6, 6.07) is 3.63. The molecule has 2 aromatic rings. The van der Waals surface area contributed by atoms with Crippen molar-refractivity contribution >= 4 is 5.91 Å². The molecule has 0 radical (unpaired) electrons. The summed E-state index contributed by atoms with van der Waals surface area (Å²) in [5.41, 5.74) is 0.545. The van der Waals surface area contributed by atoms with E-state index >= 15 is 0 Å². The standard InChI is InChI=1S/C10H11N3O2/c1-13(7-9-3-2-4-15-9)10(14)8-5-11-12-6-8/h2-6H,7H2,1H3,(H,11,12). The van der Waals surface area contributed by atoms with Crippen molar-refractivity contribution in [2.24, 2.45) is 0 Å². The van der Waals surface area contributed by atoms with Crippen molar-refractivity contribution in [1.82, 2.24) is 15.1 Å². The minimum atomic E-state index is -0.0832. The number of H-pyrrole nitrogens is 1. The highest BCUT2D eigenvalue weighted by atomic mass is 16.3. The maximum atomic E-state index is 11.8. The minimum absolute atomic E-state index is 0.0832. The van der Waals surface area contributed by atoms with Gasteiger partial charge in [0.05, 0.1) is 24.6 Å². The van der Waals surface area contributed by atoms with E-state index in [2.05, 4.69) is 10.2 Å². The van der Waals surface area contributed by atoms with Crippen LogP contribution in [-0.2, 0) is 6.54 Å². The quantitative estimate of drug-likeness (QED) is 0.820. The maximum absolute atomic E-state index is 11.8. The highest BCUT2D eigenvalue weighted by Gasteiger charge is 2.13. The lowest BCUT2D eigenvalue weighted by atomic mass is 10.3. The minimum Gasteiger partial charge on any atom is -0.467 e. The number of aromatic nitrogens is 2. The molecule has 0 aliphatic carbocycles. The Hall–Kier alpha value is -2.04. The van der Waals surface area contributed by atoms with Crippen LogP contribution in [0.5, 0.6) is 0 Å². The second-order valence-electron chi connectivity index (χ2n) is 3.23. The van der Waals surface area contributed by atoms with E-state index < -0.39 is 0 Å². The van der Waals surface area contributed by atoms with Crippen LogP contribution in [0.15, 0.2) is 35.2 Å². The van der Waals surface area contributed by atoms with Crippen LogP contribution in [0.3, 0.4) is 0 Å². The Balaban J connectivity index is 2.03. The molecule has 78 valence electrons. The molecule has 0 saturated heterocycles. The third-order valence-electron chi connectivity index (χ3n) is 2.06.